The summed E-state index contributed by atoms with van der Waals surface area (Å²) in [4.78, 5) is 0. The number of anilines is 2. The second-order valence-corrected chi connectivity index (χ2v) is 4.17. The van der Waals surface area contributed by atoms with Crippen LogP contribution in [0.3, 0.4) is 0 Å². The Labute approximate surface area is 92.0 Å². The summed E-state index contributed by atoms with van der Waals surface area (Å²) in [5, 5.41) is 3.09. The van der Waals surface area contributed by atoms with E-state index in [0.717, 1.165) is 12.3 Å². The van der Waals surface area contributed by atoms with Crippen LogP contribution in [0.1, 0.15) is 0 Å². The van der Waals surface area contributed by atoms with Crippen molar-refractivity contribution in [2.24, 2.45) is 0 Å². The predicted octanol–water partition coefficient (Wildman–Crippen LogP) is 2.84. The number of rotatable bonds is 4. The smallest absolute Gasteiger partial charge is 0.143 e. The summed E-state index contributed by atoms with van der Waals surface area (Å²) in [5.41, 5.74) is 6.72. The van der Waals surface area contributed by atoms with Crippen molar-refractivity contribution in [3.8, 4) is 0 Å². The second kappa shape index (κ2) is 5.32. The lowest BCUT2D eigenvalue weighted by Crippen LogP contribution is -2.06. The van der Waals surface area contributed by atoms with E-state index >= 15 is 0 Å². The van der Waals surface area contributed by atoms with E-state index in [4.69, 9.17) is 17.3 Å². The SMILES string of the molecule is CSCCNc1cc(F)c(Cl)cc1N. The maximum atomic E-state index is 13.0. The third-order valence-electron chi connectivity index (χ3n) is 1.71. The predicted molar refractivity (Wildman–Crippen MR) is 62.7 cm³/mol. The van der Waals surface area contributed by atoms with Gasteiger partial charge in [-0.3, -0.25) is 0 Å². The molecule has 0 spiro atoms. The number of hydrogen-bond donors (Lipinski definition) is 2. The van der Waals surface area contributed by atoms with Gasteiger partial charge < -0.3 is 11.1 Å². The monoisotopic (exact) mass is 234 g/mol. The van der Waals surface area contributed by atoms with E-state index < -0.39 is 5.82 Å². The summed E-state index contributed by atoms with van der Waals surface area (Å²) in [7, 11) is 0. The first-order chi connectivity index (χ1) is 6.65. The van der Waals surface area contributed by atoms with Crippen LogP contribution in [0, 0.1) is 5.82 Å². The summed E-state index contributed by atoms with van der Waals surface area (Å²) >= 11 is 7.27. The van der Waals surface area contributed by atoms with Gasteiger partial charge in [-0.25, -0.2) is 4.39 Å². The molecule has 0 bridgehead atoms. The highest BCUT2D eigenvalue weighted by Gasteiger charge is 2.05. The first kappa shape index (κ1) is 11.5. The highest BCUT2D eigenvalue weighted by Crippen LogP contribution is 2.25. The van der Waals surface area contributed by atoms with E-state index in [1.807, 2.05) is 6.26 Å². The van der Waals surface area contributed by atoms with E-state index in [0.29, 0.717) is 11.4 Å². The van der Waals surface area contributed by atoms with E-state index in [2.05, 4.69) is 5.32 Å². The standard InChI is InChI=1S/C9H12ClFN2S/c1-14-3-2-13-9-5-7(11)6(10)4-8(9)12/h4-5,13H,2-3,12H2,1H3. The van der Waals surface area contributed by atoms with Crippen molar-refractivity contribution in [3.63, 3.8) is 0 Å². The average molecular weight is 235 g/mol. The number of thioether (sulfide) groups is 1. The molecule has 14 heavy (non-hydrogen) atoms. The maximum Gasteiger partial charge on any atom is 0.143 e. The maximum absolute atomic E-state index is 13.0. The number of benzene rings is 1. The Balaban J connectivity index is 2.72. The first-order valence-electron chi connectivity index (χ1n) is 4.12. The molecule has 0 fully saturated rings. The molecule has 1 aromatic rings. The molecule has 0 aliphatic carbocycles. The molecule has 0 heterocycles. The van der Waals surface area contributed by atoms with Crippen LogP contribution in [-0.2, 0) is 0 Å². The molecular formula is C9H12ClFN2S. The molecule has 0 aromatic heterocycles. The molecule has 0 saturated heterocycles. The zero-order valence-electron chi connectivity index (χ0n) is 7.81. The van der Waals surface area contributed by atoms with Crippen LogP contribution in [0.25, 0.3) is 0 Å². The van der Waals surface area contributed by atoms with Crippen LogP contribution in [0.5, 0.6) is 0 Å². The lowest BCUT2D eigenvalue weighted by Gasteiger charge is -2.09. The van der Waals surface area contributed by atoms with E-state index in [1.54, 1.807) is 11.8 Å². The van der Waals surface area contributed by atoms with Crippen molar-refractivity contribution in [1.82, 2.24) is 0 Å². The fraction of sp³-hybridized carbons (Fsp3) is 0.333. The minimum atomic E-state index is -0.451. The van der Waals surface area contributed by atoms with Gasteiger partial charge in [0.1, 0.15) is 5.82 Å². The van der Waals surface area contributed by atoms with Crippen molar-refractivity contribution in [3.05, 3.63) is 23.0 Å². The van der Waals surface area contributed by atoms with E-state index in [9.17, 15) is 4.39 Å². The quantitative estimate of drug-likeness (QED) is 0.622. The molecule has 3 N–H and O–H groups in total. The second-order valence-electron chi connectivity index (χ2n) is 2.77. The van der Waals surface area contributed by atoms with Crippen molar-refractivity contribution >= 4 is 34.7 Å². The van der Waals surface area contributed by atoms with Crippen LogP contribution in [-0.4, -0.2) is 18.6 Å². The normalized spacial score (nSPS) is 10.2. The lowest BCUT2D eigenvalue weighted by molar-refractivity contribution is 0.629. The molecule has 5 heteroatoms. The number of nitrogens with two attached hydrogens (primary N) is 1. The van der Waals surface area contributed by atoms with Gasteiger partial charge in [0.25, 0.3) is 0 Å². The lowest BCUT2D eigenvalue weighted by atomic mass is 10.2. The van der Waals surface area contributed by atoms with E-state index in [-0.39, 0.29) is 5.02 Å². The highest BCUT2D eigenvalue weighted by molar-refractivity contribution is 7.98. The summed E-state index contributed by atoms with van der Waals surface area (Å²) in [6.07, 6.45) is 2.01. The first-order valence-corrected chi connectivity index (χ1v) is 5.89. The van der Waals surface area contributed by atoms with Crippen molar-refractivity contribution in [1.29, 1.82) is 0 Å². The highest BCUT2D eigenvalue weighted by atomic mass is 35.5. The van der Waals surface area contributed by atoms with Gasteiger partial charge in [0, 0.05) is 18.4 Å². The molecule has 0 amide bonds. The summed E-state index contributed by atoms with van der Waals surface area (Å²) in [6.45, 7) is 0.756. The topological polar surface area (TPSA) is 38.0 Å². The Morgan fingerprint density at radius 3 is 2.93 bits per heavy atom. The number of nitrogen functional groups attached to an aromatic ring is 1. The van der Waals surface area contributed by atoms with Crippen molar-refractivity contribution in [2.45, 2.75) is 0 Å². The molecular weight excluding hydrogens is 223 g/mol. The van der Waals surface area contributed by atoms with Crippen molar-refractivity contribution in [2.75, 3.05) is 29.6 Å². The Kier molecular flexibility index (Phi) is 4.35. The van der Waals surface area contributed by atoms with E-state index in [1.165, 1.54) is 12.1 Å². The van der Waals surface area contributed by atoms with Crippen LogP contribution < -0.4 is 11.1 Å². The number of nitrogens with one attached hydrogen (secondary N) is 1. The fourth-order valence-electron chi connectivity index (χ4n) is 1.00. The molecule has 2 nitrogen and oxygen atoms in total. The van der Waals surface area contributed by atoms with Gasteiger partial charge >= 0.3 is 0 Å². The molecule has 0 aliphatic heterocycles. The molecule has 1 rings (SSSR count). The third-order valence-corrected chi connectivity index (χ3v) is 2.62. The Morgan fingerprint density at radius 1 is 1.57 bits per heavy atom. The number of hydrogen-bond acceptors (Lipinski definition) is 3. The third kappa shape index (κ3) is 2.96. The van der Waals surface area contributed by atoms with Gasteiger partial charge in [-0.15, -0.1) is 0 Å². The zero-order chi connectivity index (χ0) is 10.6. The fourth-order valence-corrected chi connectivity index (χ4v) is 1.48. The summed E-state index contributed by atoms with van der Waals surface area (Å²) in [6, 6.07) is 2.73. The number of halogens is 2. The van der Waals surface area contributed by atoms with Crippen molar-refractivity contribution < 1.29 is 4.39 Å². The minimum Gasteiger partial charge on any atom is -0.397 e. The van der Waals surface area contributed by atoms with Crippen LogP contribution in [0.15, 0.2) is 12.1 Å². The van der Waals surface area contributed by atoms with Gasteiger partial charge in [-0.1, -0.05) is 11.6 Å². The molecule has 0 radical (unpaired) electrons. The molecule has 0 atom stereocenters. The Hall–Kier alpha value is -0.610. The van der Waals surface area contributed by atoms with Gasteiger partial charge in [0.05, 0.1) is 16.4 Å². The summed E-state index contributed by atoms with van der Waals surface area (Å²) < 4.78 is 13.0. The van der Waals surface area contributed by atoms with Crippen LogP contribution in [0.4, 0.5) is 15.8 Å². The zero-order valence-corrected chi connectivity index (χ0v) is 9.38. The Morgan fingerprint density at radius 2 is 2.29 bits per heavy atom. The molecule has 1 aromatic carbocycles. The van der Waals surface area contributed by atoms with Gasteiger partial charge in [0.2, 0.25) is 0 Å². The van der Waals surface area contributed by atoms with Crippen LogP contribution in [0.2, 0.25) is 5.02 Å². The molecule has 78 valence electrons. The minimum absolute atomic E-state index is 0.0536. The van der Waals surface area contributed by atoms with Crippen LogP contribution >= 0.6 is 23.4 Å². The molecule has 0 saturated carbocycles. The van der Waals surface area contributed by atoms with Gasteiger partial charge in [-0.2, -0.15) is 11.8 Å². The van der Waals surface area contributed by atoms with Gasteiger partial charge in [-0.05, 0) is 12.3 Å². The Bertz CT molecular complexity index is 320. The average Bonchev–Trinajstić information content (AvgIpc) is 2.14. The molecule has 0 unspecified atom stereocenters. The van der Waals surface area contributed by atoms with Gasteiger partial charge in [0.15, 0.2) is 0 Å². The largest absolute Gasteiger partial charge is 0.397 e. The molecule has 0 aliphatic rings. The summed E-state index contributed by atoms with van der Waals surface area (Å²) in [5.74, 6) is 0.497.